The summed E-state index contributed by atoms with van der Waals surface area (Å²) in [5.41, 5.74) is 1.35. The van der Waals surface area contributed by atoms with E-state index in [-0.39, 0.29) is 11.9 Å². The van der Waals surface area contributed by atoms with Gasteiger partial charge in [-0.2, -0.15) is 0 Å². The van der Waals surface area contributed by atoms with Crippen molar-refractivity contribution in [2.75, 3.05) is 26.3 Å². The highest BCUT2D eigenvalue weighted by molar-refractivity contribution is 5.85. The maximum atomic E-state index is 12.6. The van der Waals surface area contributed by atoms with E-state index in [0.29, 0.717) is 25.6 Å². The average molecular weight is 345 g/mol. The lowest BCUT2D eigenvalue weighted by Gasteiger charge is -2.39. The number of hydrogen-bond donors (Lipinski definition) is 0. The predicted molar refractivity (Wildman–Crippen MR) is 94.1 cm³/mol. The monoisotopic (exact) mass is 345 g/mol. The molecule has 2 fully saturated rings. The number of hydrogen-bond acceptors (Lipinski definition) is 5. The Balaban J connectivity index is 1.69. The molecule has 136 valence electrons. The number of esters is 2. The van der Waals surface area contributed by atoms with Crippen LogP contribution in [0.25, 0.3) is 0 Å². The van der Waals surface area contributed by atoms with Gasteiger partial charge in [-0.05, 0) is 57.2 Å². The summed E-state index contributed by atoms with van der Waals surface area (Å²) in [7, 11) is 0. The van der Waals surface area contributed by atoms with Crippen molar-refractivity contribution in [1.82, 2.24) is 4.90 Å². The zero-order valence-electron chi connectivity index (χ0n) is 14.9. The summed E-state index contributed by atoms with van der Waals surface area (Å²) in [6.45, 7) is 4.19. The molecule has 0 aromatic heterocycles. The zero-order valence-corrected chi connectivity index (χ0v) is 14.9. The minimum Gasteiger partial charge on any atom is -0.465 e. The van der Waals surface area contributed by atoms with Gasteiger partial charge in [0.25, 0.3) is 0 Å². The molecule has 2 atom stereocenters. The topological polar surface area (TPSA) is 55.8 Å². The van der Waals surface area contributed by atoms with E-state index in [1.54, 1.807) is 6.92 Å². The third-order valence-corrected chi connectivity index (χ3v) is 5.31. The number of piperidine rings is 1. The number of carbonyl (C=O) groups excluding carboxylic acids is 2. The Kier molecular flexibility index (Phi) is 6.08. The standard InChI is InChI=1S/C20H27NO4/c1-2-24-20(23)18(17-9-6-14-25-19(17)22)21-12-10-16(11-13-21)15-7-4-3-5-8-15/h3-5,7-8,16-18H,2,6,9-14H2,1H3. The Hall–Kier alpha value is -1.88. The Morgan fingerprint density at radius 1 is 1.24 bits per heavy atom. The quantitative estimate of drug-likeness (QED) is 0.768. The lowest BCUT2D eigenvalue weighted by Crippen LogP contribution is -2.53. The van der Waals surface area contributed by atoms with Crippen LogP contribution in [-0.2, 0) is 19.1 Å². The molecule has 3 rings (SSSR count). The van der Waals surface area contributed by atoms with Gasteiger partial charge in [-0.1, -0.05) is 30.3 Å². The molecule has 5 nitrogen and oxygen atoms in total. The van der Waals surface area contributed by atoms with Crippen molar-refractivity contribution in [3.63, 3.8) is 0 Å². The molecule has 5 heteroatoms. The van der Waals surface area contributed by atoms with Gasteiger partial charge >= 0.3 is 11.9 Å². The van der Waals surface area contributed by atoms with Crippen LogP contribution >= 0.6 is 0 Å². The lowest BCUT2D eigenvalue weighted by atomic mass is 9.86. The highest BCUT2D eigenvalue weighted by Crippen LogP contribution is 2.32. The Bertz CT molecular complexity index is 581. The molecule has 0 bridgehead atoms. The van der Waals surface area contributed by atoms with Gasteiger partial charge in [0.1, 0.15) is 6.04 Å². The van der Waals surface area contributed by atoms with Gasteiger partial charge < -0.3 is 9.47 Å². The summed E-state index contributed by atoms with van der Waals surface area (Å²) in [5.74, 6) is -0.432. The van der Waals surface area contributed by atoms with Crippen LogP contribution in [-0.4, -0.2) is 49.2 Å². The van der Waals surface area contributed by atoms with Crippen molar-refractivity contribution in [2.45, 2.75) is 44.6 Å². The molecule has 0 N–H and O–H groups in total. The van der Waals surface area contributed by atoms with Crippen molar-refractivity contribution in [2.24, 2.45) is 5.92 Å². The second-order valence-electron chi connectivity index (χ2n) is 6.83. The van der Waals surface area contributed by atoms with Crippen molar-refractivity contribution in [1.29, 1.82) is 0 Å². The van der Waals surface area contributed by atoms with Gasteiger partial charge in [0.2, 0.25) is 0 Å². The smallest absolute Gasteiger partial charge is 0.324 e. The predicted octanol–water partition coefficient (Wildman–Crippen LogP) is 2.75. The average Bonchev–Trinajstić information content (AvgIpc) is 2.65. The summed E-state index contributed by atoms with van der Waals surface area (Å²) >= 11 is 0. The molecule has 0 spiro atoms. The molecule has 0 saturated carbocycles. The molecule has 2 saturated heterocycles. The molecule has 1 aromatic rings. The molecule has 2 aliphatic heterocycles. The minimum atomic E-state index is -0.510. The normalized spacial score (nSPS) is 23.7. The fourth-order valence-corrected chi connectivity index (χ4v) is 4.02. The van der Waals surface area contributed by atoms with Crippen LogP contribution in [0.5, 0.6) is 0 Å². The second kappa shape index (κ2) is 8.48. The van der Waals surface area contributed by atoms with Crippen LogP contribution < -0.4 is 0 Å². The van der Waals surface area contributed by atoms with E-state index in [1.807, 2.05) is 6.07 Å². The molecular weight excluding hydrogens is 318 g/mol. The number of carbonyl (C=O) groups is 2. The molecule has 2 aliphatic rings. The van der Waals surface area contributed by atoms with Crippen molar-refractivity contribution in [3.05, 3.63) is 35.9 Å². The Morgan fingerprint density at radius 2 is 1.96 bits per heavy atom. The number of nitrogens with zero attached hydrogens (tertiary/aromatic N) is 1. The van der Waals surface area contributed by atoms with E-state index >= 15 is 0 Å². The fraction of sp³-hybridized carbons (Fsp3) is 0.600. The van der Waals surface area contributed by atoms with Crippen LogP contribution in [0.1, 0.15) is 44.1 Å². The zero-order chi connectivity index (χ0) is 17.6. The molecule has 0 amide bonds. The molecular formula is C20H27NO4. The first-order valence-electron chi connectivity index (χ1n) is 9.33. The summed E-state index contributed by atoms with van der Waals surface area (Å²) in [5, 5.41) is 0. The molecule has 0 aliphatic carbocycles. The highest BCUT2D eigenvalue weighted by atomic mass is 16.5. The van der Waals surface area contributed by atoms with Crippen LogP contribution in [0.15, 0.2) is 30.3 Å². The summed E-state index contributed by atoms with van der Waals surface area (Å²) in [6, 6.07) is 10.00. The van der Waals surface area contributed by atoms with Crippen LogP contribution in [0, 0.1) is 5.92 Å². The number of benzene rings is 1. The van der Waals surface area contributed by atoms with Gasteiger partial charge in [-0.3, -0.25) is 14.5 Å². The van der Waals surface area contributed by atoms with Crippen LogP contribution in [0.4, 0.5) is 0 Å². The second-order valence-corrected chi connectivity index (χ2v) is 6.83. The molecule has 2 unspecified atom stereocenters. The molecule has 0 radical (unpaired) electrons. The van der Waals surface area contributed by atoms with Crippen molar-refractivity contribution < 1.29 is 19.1 Å². The van der Waals surface area contributed by atoms with E-state index in [4.69, 9.17) is 9.47 Å². The number of likely N-dealkylation sites (tertiary alicyclic amines) is 1. The van der Waals surface area contributed by atoms with Gasteiger partial charge in [0, 0.05) is 0 Å². The van der Waals surface area contributed by atoms with Crippen molar-refractivity contribution in [3.8, 4) is 0 Å². The van der Waals surface area contributed by atoms with Gasteiger partial charge in [0.15, 0.2) is 0 Å². The molecule has 25 heavy (non-hydrogen) atoms. The molecule has 1 aromatic carbocycles. The van der Waals surface area contributed by atoms with Crippen LogP contribution in [0.3, 0.4) is 0 Å². The highest BCUT2D eigenvalue weighted by Gasteiger charge is 2.42. The van der Waals surface area contributed by atoms with E-state index in [1.165, 1.54) is 5.56 Å². The van der Waals surface area contributed by atoms with E-state index in [9.17, 15) is 9.59 Å². The fourth-order valence-electron chi connectivity index (χ4n) is 4.02. The van der Waals surface area contributed by atoms with E-state index < -0.39 is 12.0 Å². The Morgan fingerprint density at radius 3 is 2.60 bits per heavy atom. The maximum absolute atomic E-state index is 12.6. The first-order chi connectivity index (χ1) is 12.2. The summed E-state index contributed by atoms with van der Waals surface area (Å²) in [4.78, 5) is 26.9. The Labute approximate surface area is 149 Å². The van der Waals surface area contributed by atoms with Gasteiger partial charge in [-0.15, -0.1) is 0 Å². The van der Waals surface area contributed by atoms with E-state index in [0.717, 1.165) is 32.4 Å². The first kappa shape index (κ1) is 17.9. The van der Waals surface area contributed by atoms with Gasteiger partial charge in [0.05, 0.1) is 19.1 Å². The van der Waals surface area contributed by atoms with Crippen LogP contribution in [0.2, 0.25) is 0 Å². The van der Waals surface area contributed by atoms with Crippen molar-refractivity contribution >= 4 is 11.9 Å². The first-order valence-corrected chi connectivity index (χ1v) is 9.33. The third-order valence-electron chi connectivity index (χ3n) is 5.31. The van der Waals surface area contributed by atoms with E-state index in [2.05, 4.69) is 29.2 Å². The number of ether oxygens (including phenoxy) is 2. The maximum Gasteiger partial charge on any atom is 0.324 e. The largest absolute Gasteiger partial charge is 0.465 e. The summed E-state index contributed by atoms with van der Waals surface area (Å²) < 4.78 is 10.5. The SMILES string of the molecule is CCOC(=O)C(C1CCCOC1=O)N1CCC(c2ccccc2)CC1. The number of cyclic esters (lactones) is 1. The molecule has 2 heterocycles. The summed E-state index contributed by atoms with van der Waals surface area (Å²) in [6.07, 6.45) is 3.48. The minimum absolute atomic E-state index is 0.255. The third kappa shape index (κ3) is 4.21. The van der Waals surface area contributed by atoms with Gasteiger partial charge in [-0.25, -0.2) is 0 Å². The lowest BCUT2D eigenvalue weighted by molar-refractivity contribution is -0.166. The number of rotatable bonds is 5.